The topological polar surface area (TPSA) is 23.5 Å². The van der Waals surface area contributed by atoms with Gasteiger partial charge >= 0.3 is 0 Å². The van der Waals surface area contributed by atoms with Crippen molar-refractivity contribution in [1.82, 2.24) is 4.90 Å². The van der Waals surface area contributed by atoms with Gasteiger partial charge in [-0.25, -0.2) is 11.4 Å². The van der Waals surface area contributed by atoms with Crippen molar-refractivity contribution >= 4 is 16.2 Å². The van der Waals surface area contributed by atoms with Crippen LogP contribution in [0, 0.1) is 5.92 Å². The number of aliphatic hydroxyl groups excluding tert-OH is 1. The molecule has 1 unspecified atom stereocenters. The fourth-order valence-corrected chi connectivity index (χ4v) is 2.41. The van der Waals surface area contributed by atoms with Gasteiger partial charge in [0.05, 0.1) is 0 Å². The molecule has 0 saturated carbocycles. The Morgan fingerprint density at radius 1 is 1.46 bits per heavy atom. The van der Waals surface area contributed by atoms with E-state index < -0.39 is 0 Å². The van der Waals surface area contributed by atoms with Crippen LogP contribution in [0.1, 0.15) is 26.7 Å². The fourth-order valence-electron chi connectivity index (χ4n) is 1.71. The van der Waals surface area contributed by atoms with Crippen LogP contribution in [-0.4, -0.2) is 40.4 Å². The zero-order chi connectivity index (χ0) is 9.84. The van der Waals surface area contributed by atoms with Gasteiger partial charge in [0.1, 0.15) is 6.23 Å². The number of thiol groups is 1. The van der Waals surface area contributed by atoms with Crippen molar-refractivity contribution in [2.24, 2.45) is 5.92 Å². The third-order valence-electron chi connectivity index (χ3n) is 2.58. The highest BCUT2D eigenvalue weighted by Crippen LogP contribution is 2.15. The van der Waals surface area contributed by atoms with Gasteiger partial charge in [0.15, 0.2) is 0 Å². The summed E-state index contributed by atoms with van der Waals surface area (Å²) >= 11 is 1.39. The first-order chi connectivity index (χ1) is 6.15. The molecule has 1 fully saturated rings. The summed E-state index contributed by atoms with van der Waals surface area (Å²) in [5, 5.41) is 9.87. The molecule has 0 radical (unpaired) electrons. The molecule has 1 rings (SSSR count). The second kappa shape index (κ2) is 5.13. The number of nitrogens with zero attached hydrogens (tertiary/aromatic N) is 1. The molecule has 0 amide bonds. The zero-order valence-electron chi connectivity index (χ0n) is 8.82. The molecule has 0 aromatic heterocycles. The maximum absolute atomic E-state index is 9.87. The van der Waals surface area contributed by atoms with Crippen LogP contribution in [0.4, 0.5) is 0 Å². The van der Waals surface area contributed by atoms with E-state index in [1.807, 2.05) is 0 Å². The summed E-state index contributed by atoms with van der Waals surface area (Å²) < 4.78 is 0. The minimum Gasteiger partial charge on any atom is -0.378 e. The van der Waals surface area contributed by atoms with Crippen LogP contribution in [0.25, 0.3) is 0 Å². The first-order valence-electron chi connectivity index (χ1n) is 5.01. The largest absolute Gasteiger partial charge is 0.378 e. The van der Waals surface area contributed by atoms with E-state index in [4.69, 9.17) is 0 Å². The average Bonchev–Trinajstić information content (AvgIpc) is 2.16. The Bertz CT molecular complexity index is 191. The number of likely N-dealkylation sites (tertiary alicyclic amines) is 1. The molecule has 0 spiro atoms. The lowest BCUT2D eigenvalue weighted by atomic mass is 10.1. The molecule has 0 aliphatic carbocycles. The standard InChI is InChI=1S/C10H21NOS/c1-8(2)10(12)11-6-4-5-9(7-11)13-3/h8,10,12-13H,4-7H2,1-3H3. The quantitative estimate of drug-likeness (QED) is 0.522. The zero-order valence-corrected chi connectivity index (χ0v) is 9.72. The molecule has 2 nitrogen and oxygen atoms in total. The summed E-state index contributed by atoms with van der Waals surface area (Å²) in [4.78, 5) is 3.76. The van der Waals surface area contributed by atoms with Gasteiger partial charge in [-0.15, -0.1) is 0 Å². The average molecular weight is 203 g/mol. The van der Waals surface area contributed by atoms with Gasteiger partial charge in [0.25, 0.3) is 0 Å². The third-order valence-corrected chi connectivity index (χ3v) is 3.58. The van der Waals surface area contributed by atoms with Gasteiger partial charge in [-0.2, -0.15) is 0 Å². The van der Waals surface area contributed by atoms with Crippen molar-refractivity contribution in [3.05, 3.63) is 0 Å². The molecule has 1 saturated heterocycles. The predicted molar refractivity (Wildman–Crippen MR) is 61.6 cm³/mol. The second-order valence-electron chi connectivity index (χ2n) is 4.02. The molecule has 0 aromatic rings. The minimum atomic E-state index is -0.253. The van der Waals surface area contributed by atoms with Crippen molar-refractivity contribution in [2.75, 3.05) is 19.3 Å². The molecule has 1 heterocycles. The van der Waals surface area contributed by atoms with E-state index in [0.717, 1.165) is 13.1 Å². The number of aliphatic hydroxyl groups is 1. The van der Waals surface area contributed by atoms with Gasteiger partial charge in [-0.05, 0) is 29.9 Å². The predicted octanol–water partition coefficient (Wildman–Crippen LogP) is 1.32. The number of rotatable bonds is 2. The SMILES string of the molecule is C/[SH]=C1/CCCN(C(O)C(C)C)C1. The Morgan fingerprint density at radius 2 is 2.15 bits per heavy atom. The lowest BCUT2D eigenvalue weighted by molar-refractivity contribution is -0.0237. The molecule has 1 atom stereocenters. The Balaban J connectivity index is 2.51. The van der Waals surface area contributed by atoms with Crippen molar-refractivity contribution < 1.29 is 5.11 Å². The van der Waals surface area contributed by atoms with Crippen molar-refractivity contribution in [3.8, 4) is 0 Å². The molecule has 3 heteroatoms. The van der Waals surface area contributed by atoms with Crippen LogP contribution >= 0.6 is 11.4 Å². The van der Waals surface area contributed by atoms with E-state index >= 15 is 0 Å². The highest BCUT2D eigenvalue weighted by atomic mass is 32.1. The summed E-state index contributed by atoms with van der Waals surface area (Å²) in [7, 11) is 0. The molecule has 1 aliphatic rings. The van der Waals surface area contributed by atoms with Crippen molar-refractivity contribution in [1.29, 1.82) is 0 Å². The highest BCUT2D eigenvalue weighted by molar-refractivity contribution is 7.98. The van der Waals surface area contributed by atoms with Gasteiger partial charge in [-0.3, -0.25) is 4.90 Å². The van der Waals surface area contributed by atoms with Crippen LogP contribution < -0.4 is 0 Å². The lowest BCUT2D eigenvalue weighted by Gasteiger charge is -2.34. The van der Waals surface area contributed by atoms with Crippen LogP contribution in [0.5, 0.6) is 0 Å². The van der Waals surface area contributed by atoms with E-state index in [-0.39, 0.29) is 6.23 Å². The Morgan fingerprint density at radius 3 is 2.69 bits per heavy atom. The third kappa shape index (κ3) is 3.08. The Hall–Kier alpha value is 0.140. The summed E-state index contributed by atoms with van der Waals surface area (Å²) in [6.45, 7) is 6.20. The molecule has 78 valence electrons. The van der Waals surface area contributed by atoms with Crippen LogP contribution in [0.15, 0.2) is 0 Å². The Kier molecular flexibility index (Phi) is 4.42. The number of piperidine rings is 1. The van der Waals surface area contributed by atoms with Gasteiger partial charge in [-0.1, -0.05) is 13.8 Å². The molecular weight excluding hydrogens is 182 g/mol. The first kappa shape index (κ1) is 11.2. The maximum atomic E-state index is 9.87. The highest BCUT2D eigenvalue weighted by Gasteiger charge is 2.22. The molecule has 0 aromatic carbocycles. The van der Waals surface area contributed by atoms with Gasteiger partial charge in [0, 0.05) is 13.1 Å². The molecule has 0 bridgehead atoms. The van der Waals surface area contributed by atoms with Crippen molar-refractivity contribution in [3.63, 3.8) is 0 Å². The van der Waals surface area contributed by atoms with Crippen LogP contribution in [0.3, 0.4) is 0 Å². The fraction of sp³-hybridized carbons (Fsp3) is 0.900. The first-order valence-corrected chi connectivity index (χ1v) is 6.36. The molecular formula is C10H21NOS. The molecule has 1 N–H and O–H groups in total. The smallest absolute Gasteiger partial charge is 0.109 e. The van der Waals surface area contributed by atoms with Gasteiger partial charge in [0.2, 0.25) is 0 Å². The molecule has 1 aliphatic heterocycles. The van der Waals surface area contributed by atoms with Gasteiger partial charge < -0.3 is 5.11 Å². The normalized spacial score (nSPS) is 26.1. The Labute approximate surface area is 84.9 Å². The van der Waals surface area contributed by atoms with E-state index in [9.17, 15) is 5.11 Å². The van der Waals surface area contributed by atoms with E-state index in [1.54, 1.807) is 4.86 Å². The second-order valence-corrected chi connectivity index (χ2v) is 5.10. The maximum Gasteiger partial charge on any atom is 0.109 e. The van der Waals surface area contributed by atoms with E-state index in [1.165, 1.54) is 24.2 Å². The lowest BCUT2D eigenvalue weighted by Crippen LogP contribution is -2.45. The van der Waals surface area contributed by atoms with Crippen LogP contribution in [-0.2, 0) is 0 Å². The number of hydrogen-bond donors (Lipinski definition) is 2. The summed E-state index contributed by atoms with van der Waals surface area (Å²) in [6, 6.07) is 0. The van der Waals surface area contributed by atoms with Crippen molar-refractivity contribution in [2.45, 2.75) is 32.9 Å². The van der Waals surface area contributed by atoms with E-state index in [0.29, 0.717) is 5.92 Å². The number of hydrogen-bond acceptors (Lipinski definition) is 2. The summed E-state index contributed by atoms with van der Waals surface area (Å²) in [5.41, 5.74) is 0. The minimum absolute atomic E-state index is 0.253. The van der Waals surface area contributed by atoms with E-state index in [2.05, 4.69) is 25.0 Å². The summed E-state index contributed by atoms with van der Waals surface area (Å²) in [5.74, 6) is 0.341. The monoisotopic (exact) mass is 203 g/mol. The molecule has 13 heavy (non-hydrogen) atoms. The van der Waals surface area contributed by atoms with Crippen LogP contribution in [0.2, 0.25) is 0 Å². The summed E-state index contributed by atoms with van der Waals surface area (Å²) in [6.07, 6.45) is 4.39.